The Labute approximate surface area is 90.1 Å². The first-order valence-electron chi connectivity index (χ1n) is 5.15. The second kappa shape index (κ2) is 3.26. The molecule has 0 amide bonds. The number of fused-ring (bicyclic) bond motifs is 1. The Balaban J connectivity index is 2.42. The summed E-state index contributed by atoms with van der Waals surface area (Å²) < 4.78 is 2.03. The summed E-state index contributed by atoms with van der Waals surface area (Å²) in [7, 11) is 2.01. The molecule has 0 aliphatic rings. The zero-order valence-corrected chi connectivity index (χ0v) is 9.70. The molecule has 2 aromatic rings. The average Bonchev–Trinajstić information content (AvgIpc) is 2.45. The third-order valence-electron chi connectivity index (χ3n) is 2.24. The molecule has 0 saturated heterocycles. The maximum absolute atomic E-state index is 4.29. The van der Waals surface area contributed by atoms with Gasteiger partial charge in [-0.25, -0.2) is 4.98 Å². The SMILES string of the molecule is Cn1cnc2ccc(NC(C)(C)C)cc21. The Morgan fingerprint density at radius 2 is 2.00 bits per heavy atom. The zero-order chi connectivity index (χ0) is 11.1. The van der Waals surface area contributed by atoms with Crippen LogP contribution < -0.4 is 5.32 Å². The van der Waals surface area contributed by atoms with Crippen LogP contribution in [0.25, 0.3) is 11.0 Å². The van der Waals surface area contributed by atoms with Crippen molar-refractivity contribution in [3.8, 4) is 0 Å². The number of nitrogens with one attached hydrogen (secondary N) is 1. The van der Waals surface area contributed by atoms with Gasteiger partial charge in [-0.05, 0) is 39.0 Å². The molecule has 0 unspecified atom stereocenters. The van der Waals surface area contributed by atoms with Crippen molar-refractivity contribution < 1.29 is 0 Å². The quantitative estimate of drug-likeness (QED) is 0.772. The van der Waals surface area contributed by atoms with Gasteiger partial charge in [0.25, 0.3) is 0 Å². The number of hydrogen-bond acceptors (Lipinski definition) is 2. The molecule has 0 spiro atoms. The second-order valence-electron chi connectivity index (χ2n) is 4.93. The molecule has 0 saturated carbocycles. The molecule has 1 aromatic carbocycles. The predicted molar refractivity (Wildman–Crippen MR) is 64.1 cm³/mol. The van der Waals surface area contributed by atoms with Crippen molar-refractivity contribution in [2.75, 3.05) is 5.32 Å². The number of nitrogens with zero attached hydrogens (tertiary/aromatic N) is 2. The third-order valence-corrected chi connectivity index (χ3v) is 2.24. The van der Waals surface area contributed by atoms with Gasteiger partial charge in [0.15, 0.2) is 0 Å². The van der Waals surface area contributed by atoms with Gasteiger partial charge in [0, 0.05) is 18.3 Å². The van der Waals surface area contributed by atoms with Crippen molar-refractivity contribution in [1.82, 2.24) is 9.55 Å². The Bertz CT molecular complexity index is 477. The molecule has 15 heavy (non-hydrogen) atoms. The molecule has 80 valence electrons. The van der Waals surface area contributed by atoms with Crippen LogP contribution in [0.1, 0.15) is 20.8 Å². The standard InChI is InChI=1S/C12H17N3/c1-12(2,3)14-9-5-6-10-11(7-9)15(4)8-13-10/h5-8,14H,1-4H3. The van der Waals surface area contributed by atoms with Crippen LogP contribution in [0.15, 0.2) is 24.5 Å². The molecule has 2 rings (SSSR count). The normalized spacial score (nSPS) is 12.0. The Kier molecular flexibility index (Phi) is 2.18. The average molecular weight is 203 g/mol. The summed E-state index contributed by atoms with van der Waals surface area (Å²) in [6.07, 6.45) is 1.84. The van der Waals surface area contributed by atoms with Crippen molar-refractivity contribution in [3.63, 3.8) is 0 Å². The number of aromatic nitrogens is 2. The highest BCUT2D eigenvalue weighted by Crippen LogP contribution is 2.20. The monoisotopic (exact) mass is 203 g/mol. The van der Waals surface area contributed by atoms with E-state index in [4.69, 9.17) is 0 Å². The fourth-order valence-corrected chi connectivity index (χ4v) is 1.64. The highest BCUT2D eigenvalue weighted by molar-refractivity contribution is 5.79. The van der Waals surface area contributed by atoms with Gasteiger partial charge in [0.1, 0.15) is 0 Å². The van der Waals surface area contributed by atoms with E-state index >= 15 is 0 Å². The van der Waals surface area contributed by atoms with E-state index in [0.717, 1.165) is 16.7 Å². The Morgan fingerprint density at radius 1 is 1.27 bits per heavy atom. The van der Waals surface area contributed by atoms with Gasteiger partial charge >= 0.3 is 0 Å². The fourth-order valence-electron chi connectivity index (χ4n) is 1.64. The minimum atomic E-state index is 0.0896. The minimum Gasteiger partial charge on any atom is -0.380 e. The van der Waals surface area contributed by atoms with E-state index in [1.54, 1.807) is 0 Å². The summed E-state index contributed by atoms with van der Waals surface area (Å²) in [6.45, 7) is 6.46. The number of aryl methyl sites for hydroxylation is 1. The lowest BCUT2D eigenvalue weighted by Crippen LogP contribution is -2.25. The van der Waals surface area contributed by atoms with E-state index in [2.05, 4.69) is 43.2 Å². The van der Waals surface area contributed by atoms with Gasteiger partial charge in [-0.1, -0.05) is 0 Å². The molecule has 1 N–H and O–H groups in total. The second-order valence-corrected chi connectivity index (χ2v) is 4.93. The van der Waals surface area contributed by atoms with Gasteiger partial charge in [-0.2, -0.15) is 0 Å². The van der Waals surface area contributed by atoms with Gasteiger partial charge < -0.3 is 9.88 Å². The lowest BCUT2D eigenvalue weighted by atomic mass is 10.1. The highest BCUT2D eigenvalue weighted by atomic mass is 15.0. The van der Waals surface area contributed by atoms with Crippen LogP contribution in [0.5, 0.6) is 0 Å². The van der Waals surface area contributed by atoms with E-state index in [1.807, 2.05) is 24.0 Å². The molecule has 0 fully saturated rings. The predicted octanol–water partition coefficient (Wildman–Crippen LogP) is 2.78. The van der Waals surface area contributed by atoms with E-state index in [0.29, 0.717) is 0 Å². The number of hydrogen-bond donors (Lipinski definition) is 1. The molecule has 3 nitrogen and oxygen atoms in total. The number of imidazole rings is 1. The first-order valence-corrected chi connectivity index (χ1v) is 5.15. The smallest absolute Gasteiger partial charge is 0.0955 e. The fraction of sp³-hybridized carbons (Fsp3) is 0.417. The Hall–Kier alpha value is -1.51. The molecular formula is C12H17N3. The third kappa shape index (κ3) is 2.12. The van der Waals surface area contributed by atoms with Gasteiger partial charge in [-0.15, -0.1) is 0 Å². The summed E-state index contributed by atoms with van der Waals surface area (Å²) >= 11 is 0. The van der Waals surface area contributed by atoms with Crippen molar-refractivity contribution in [1.29, 1.82) is 0 Å². The molecule has 0 aliphatic carbocycles. The van der Waals surface area contributed by atoms with E-state index < -0.39 is 0 Å². The largest absolute Gasteiger partial charge is 0.380 e. The summed E-state index contributed by atoms with van der Waals surface area (Å²) in [5.41, 5.74) is 3.42. The molecule has 3 heteroatoms. The zero-order valence-electron chi connectivity index (χ0n) is 9.70. The van der Waals surface area contributed by atoms with Crippen LogP contribution in [0.2, 0.25) is 0 Å². The van der Waals surface area contributed by atoms with Crippen LogP contribution in [0.4, 0.5) is 5.69 Å². The van der Waals surface area contributed by atoms with Crippen LogP contribution >= 0.6 is 0 Å². The highest BCUT2D eigenvalue weighted by Gasteiger charge is 2.09. The van der Waals surface area contributed by atoms with Gasteiger partial charge in [0.05, 0.1) is 17.4 Å². The summed E-state index contributed by atoms with van der Waals surface area (Å²) in [6, 6.07) is 6.25. The van der Waals surface area contributed by atoms with Crippen molar-refractivity contribution in [2.24, 2.45) is 7.05 Å². The summed E-state index contributed by atoms with van der Waals surface area (Å²) in [4.78, 5) is 4.29. The van der Waals surface area contributed by atoms with Crippen molar-refractivity contribution >= 4 is 16.7 Å². The number of rotatable bonds is 1. The molecule has 0 atom stereocenters. The summed E-state index contributed by atoms with van der Waals surface area (Å²) in [5, 5.41) is 3.45. The lowest BCUT2D eigenvalue weighted by Gasteiger charge is -2.22. The van der Waals surface area contributed by atoms with Crippen molar-refractivity contribution in [3.05, 3.63) is 24.5 Å². The lowest BCUT2D eigenvalue weighted by molar-refractivity contribution is 0.634. The van der Waals surface area contributed by atoms with Crippen LogP contribution in [0, 0.1) is 0 Å². The minimum absolute atomic E-state index is 0.0896. The van der Waals surface area contributed by atoms with Gasteiger partial charge in [-0.3, -0.25) is 0 Å². The van der Waals surface area contributed by atoms with E-state index in [-0.39, 0.29) is 5.54 Å². The van der Waals surface area contributed by atoms with Gasteiger partial charge in [0.2, 0.25) is 0 Å². The molecule has 1 heterocycles. The first kappa shape index (κ1) is 10.0. The van der Waals surface area contributed by atoms with E-state index in [1.165, 1.54) is 0 Å². The van der Waals surface area contributed by atoms with Crippen LogP contribution in [-0.2, 0) is 7.05 Å². The molecule has 0 radical (unpaired) electrons. The Morgan fingerprint density at radius 3 is 2.67 bits per heavy atom. The molecule has 0 aliphatic heterocycles. The topological polar surface area (TPSA) is 29.9 Å². The molecule has 1 aromatic heterocycles. The first-order chi connectivity index (χ1) is 6.96. The van der Waals surface area contributed by atoms with Crippen LogP contribution in [0.3, 0.4) is 0 Å². The van der Waals surface area contributed by atoms with Crippen LogP contribution in [-0.4, -0.2) is 15.1 Å². The molecular weight excluding hydrogens is 186 g/mol. The summed E-state index contributed by atoms with van der Waals surface area (Å²) in [5.74, 6) is 0. The van der Waals surface area contributed by atoms with Crippen molar-refractivity contribution in [2.45, 2.75) is 26.3 Å². The number of anilines is 1. The maximum Gasteiger partial charge on any atom is 0.0955 e. The maximum atomic E-state index is 4.29. The number of benzene rings is 1. The van der Waals surface area contributed by atoms with E-state index in [9.17, 15) is 0 Å². The molecule has 0 bridgehead atoms.